The fourth-order valence-electron chi connectivity index (χ4n) is 2.42. The van der Waals surface area contributed by atoms with Crippen molar-refractivity contribution < 1.29 is 17.9 Å². The highest BCUT2D eigenvalue weighted by molar-refractivity contribution is 7.89. The van der Waals surface area contributed by atoms with Gasteiger partial charge in [0.1, 0.15) is 5.75 Å². The van der Waals surface area contributed by atoms with Crippen molar-refractivity contribution in [2.24, 2.45) is 0 Å². The summed E-state index contributed by atoms with van der Waals surface area (Å²) in [7, 11) is -2.09. The molecule has 0 amide bonds. The van der Waals surface area contributed by atoms with Crippen LogP contribution in [0.3, 0.4) is 0 Å². The third kappa shape index (κ3) is 5.01. The van der Waals surface area contributed by atoms with E-state index in [1.54, 1.807) is 49.8 Å². The Morgan fingerprint density at radius 3 is 2.48 bits per heavy atom. The quantitative estimate of drug-likeness (QED) is 0.684. The van der Waals surface area contributed by atoms with Crippen LogP contribution in [0.5, 0.6) is 5.75 Å². The Labute approximate surface area is 149 Å². The monoisotopic (exact) mass is 364 g/mol. The van der Waals surface area contributed by atoms with Crippen molar-refractivity contribution in [1.29, 1.82) is 0 Å². The number of hydrogen-bond donors (Lipinski definition) is 0. The number of pyridine rings is 1. The van der Waals surface area contributed by atoms with Crippen molar-refractivity contribution in [3.8, 4) is 5.75 Å². The molecular weight excluding hydrogens is 340 g/mol. The number of nitrogens with zero attached hydrogens (tertiary/aromatic N) is 2. The lowest BCUT2D eigenvalue weighted by Crippen LogP contribution is -2.33. The first-order chi connectivity index (χ1) is 12.0. The molecule has 0 radical (unpaired) electrons. The second-order valence-electron chi connectivity index (χ2n) is 5.55. The van der Waals surface area contributed by atoms with Gasteiger partial charge in [0.2, 0.25) is 10.0 Å². The fraction of sp³-hybridized carbons (Fsp3) is 0.389. The first-order valence-corrected chi connectivity index (χ1v) is 9.54. The molecule has 1 aromatic heterocycles. The van der Waals surface area contributed by atoms with Crippen LogP contribution in [0.1, 0.15) is 18.1 Å². The van der Waals surface area contributed by atoms with E-state index >= 15 is 0 Å². The van der Waals surface area contributed by atoms with Crippen LogP contribution >= 0.6 is 0 Å². The van der Waals surface area contributed by atoms with E-state index in [0.717, 1.165) is 11.1 Å². The van der Waals surface area contributed by atoms with E-state index in [-0.39, 0.29) is 18.0 Å². The second kappa shape index (κ2) is 8.94. The minimum Gasteiger partial charge on any atom is -0.494 e. The molecule has 0 aliphatic heterocycles. The molecule has 0 saturated carbocycles. The summed E-state index contributed by atoms with van der Waals surface area (Å²) in [6, 6.07) is 8.54. The summed E-state index contributed by atoms with van der Waals surface area (Å²) in [5.41, 5.74) is 1.66. The van der Waals surface area contributed by atoms with Crippen molar-refractivity contribution in [2.45, 2.75) is 25.3 Å². The smallest absolute Gasteiger partial charge is 0.243 e. The van der Waals surface area contributed by atoms with E-state index < -0.39 is 10.0 Å². The molecular formula is C18H24N2O4S. The molecule has 0 unspecified atom stereocenters. The standard InChI is InChI=1S/C18H24N2O4S/c1-4-24-18-6-5-17(13-15(18)2)25(21,22)20(11-12-23-3)14-16-7-9-19-10-8-16/h5-10,13H,4,11-12,14H2,1-3H3. The Morgan fingerprint density at radius 1 is 1.16 bits per heavy atom. The van der Waals surface area contributed by atoms with Crippen LogP contribution < -0.4 is 4.74 Å². The largest absolute Gasteiger partial charge is 0.494 e. The van der Waals surface area contributed by atoms with E-state index in [1.165, 1.54) is 4.31 Å². The lowest BCUT2D eigenvalue weighted by Gasteiger charge is -2.22. The molecule has 0 N–H and O–H groups in total. The molecule has 0 spiro atoms. The van der Waals surface area contributed by atoms with Crippen LogP contribution in [-0.2, 0) is 21.3 Å². The van der Waals surface area contributed by atoms with Gasteiger partial charge in [0, 0.05) is 32.6 Å². The van der Waals surface area contributed by atoms with Gasteiger partial charge in [-0.25, -0.2) is 8.42 Å². The molecule has 136 valence electrons. The lowest BCUT2D eigenvalue weighted by molar-refractivity contribution is 0.177. The first-order valence-electron chi connectivity index (χ1n) is 8.10. The van der Waals surface area contributed by atoms with Gasteiger partial charge in [0.05, 0.1) is 18.1 Å². The summed E-state index contributed by atoms with van der Waals surface area (Å²) in [6.07, 6.45) is 3.30. The minimum absolute atomic E-state index is 0.249. The maximum Gasteiger partial charge on any atom is 0.243 e. The van der Waals surface area contributed by atoms with E-state index in [4.69, 9.17) is 9.47 Å². The van der Waals surface area contributed by atoms with Gasteiger partial charge in [-0.2, -0.15) is 4.31 Å². The van der Waals surface area contributed by atoms with Crippen LogP contribution in [0.15, 0.2) is 47.6 Å². The number of aryl methyl sites for hydroxylation is 1. The molecule has 1 heterocycles. The van der Waals surface area contributed by atoms with E-state index in [0.29, 0.717) is 19.0 Å². The Morgan fingerprint density at radius 2 is 1.88 bits per heavy atom. The number of rotatable bonds is 9. The molecule has 2 aromatic rings. The number of benzene rings is 1. The fourth-order valence-corrected chi connectivity index (χ4v) is 3.92. The number of ether oxygens (including phenoxy) is 2. The van der Waals surface area contributed by atoms with Crippen LogP contribution in [0.4, 0.5) is 0 Å². The van der Waals surface area contributed by atoms with Gasteiger partial charge in [0.25, 0.3) is 0 Å². The van der Waals surface area contributed by atoms with Crippen LogP contribution in [-0.4, -0.2) is 44.6 Å². The Balaban J connectivity index is 2.32. The lowest BCUT2D eigenvalue weighted by atomic mass is 10.2. The van der Waals surface area contributed by atoms with Crippen molar-refractivity contribution in [3.63, 3.8) is 0 Å². The molecule has 0 aliphatic carbocycles. The molecule has 2 rings (SSSR count). The number of aromatic nitrogens is 1. The molecule has 1 aromatic carbocycles. The third-order valence-electron chi connectivity index (χ3n) is 3.74. The highest BCUT2D eigenvalue weighted by atomic mass is 32.2. The second-order valence-corrected chi connectivity index (χ2v) is 7.49. The molecule has 0 atom stereocenters. The summed E-state index contributed by atoms with van der Waals surface area (Å²) < 4.78 is 38.1. The van der Waals surface area contributed by atoms with Crippen molar-refractivity contribution in [1.82, 2.24) is 9.29 Å². The predicted molar refractivity (Wildman–Crippen MR) is 96.1 cm³/mol. The Hall–Kier alpha value is -1.96. The summed E-state index contributed by atoms with van der Waals surface area (Å²) in [6.45, 7) is 5.13. The van der Waals surface area contributed by atoms with Crippen LogP contribution in [0, 0.1) is 6.92 Å². The summed E-state index contributed by atoms with van der Waals surface area (Å²) in [4.78, 5) is 4.22. The zero-order valence-corrected chi connectivity index (χ0v) is 15.6. The third-order valence-corrected chi connectivity index (χ3v) is 5.58. The number of hydrogen-bond acceptors (Lipinski definition) is 5. The molecule has 25 heavy (non-hydrogen) atoms. The summed E-state index contributed by atoms with van der Waals surface area (Å²) >= 11 is 0. The minimum atomic E-state index is -3.65. The predicted octanol–water partition coefficient (Wildman–Crippen LogP) is 2.63. The first kappa shape index (κ1) is 19.4. The van der Waals surface area contributed by atoms with E-state index in [9.17, 15) is 8.42 Å². The van der Waals surface area contributed by atoms with E-state index in [2.05, 4.69) is 4.98 Å². The van der Waals surface area contributed by atoms with Gasteiger partial charge in [-0.05, 0) is 55.3 Å². The SMILES string of the molecule is CCOc1ccc(S(=O)(=O)N(CCOC)Cc2ccncc2)cc1C. The van der Waals surface area contributed by atoms with Crippen molar-refractivity contribution >= 4 is 10.0 Å². The summed E-state index contributed by atoms with van der Waals surface area (Å²) in [5, 5.41) is 0. The zero-order chi connectivity index (χ0) is 18.3. The van der Waals surface area contributed by atoms with Gasteiger partial charge in [-0.1, -0.05) is 0 Å². The highest BCUT2D eigenvalue weighted by Gasteiger charge is 2.25. The highest BCUT2D eigenvalue weighted by Crippen LogP contribution is 2.25. The van der Waals surface area contributed by atoms with Crippen LogP contribution in [0.25, 0.3) is 0 Å². The molecule has 7 heteroatoms. The zero-order valence-electron chi connectivity index (χ0n) is 14.8. The summed E-state index contributed by atoms with van der Waals surface area (Å²) in [5.74, 6) is 0.694. The van der Waals surface area contributed by atoms with E-state index in [1.807, 2.05) is 13.8 Å². The molecule has 6 nitrogen and oxygen atoms in total. The Bertz CT molecular complexity index is 779. The average Bonchev–Trinajstić information content (AvgIpc) is 2.61. The molecule has 0 saturated heterocycles. The molecule has 0 aliphatic rings. The Kier molecular flexibility index (Phi) is 6.92. The van der Waals surface area contributed by atoms with Gasteiger partial charge in [-0.3, -0.25) is 4.98 Å². The number of sulfonamides is 1. The van der Waals surface area contributed by atoms with Gasteiger partial charge >= 0.3 is 0 Å². The normalized spacial score (nSPS) is 11.7. The number of methoxy groups -OCH3 is 1. The van der Waals surface area contributed by atoms with Crippen LogP contribution in [0.2, 0.25) is 0 Å². The van der Waals surface area contributed by atoms with Crippen molar-refractivity contribution in [2.75, 3.05) is 26.9 Å². The molecule has 0 fully saturated rings. The van der Waals surface area contributed by atoms with Gasteiger partial charge < -0.3 is 9.47 Å². The average molecular weight is 364 g/mol. The topological polar surface area (TPSA) is 68.7 Å². The molecule has 0 bridgehead atoms. The van der Waals surface area contributed by atoms with Gasteiger partial charge in [-0.15, -0.1) is 0 Å². The maximum absolute atomic E-state index is 13.1. The van der Waals surface area contributed by atoms with Crippen molar-refractivity contribution in [3.05, 3.63) is 53.9 Å². The van der Waals surface area contributed by atoms with Gasteiger partial charge in [0.15, 0.2) is 0 Å². The maximum atomic E-state index is 13.1.